The Hall–Kier alpha value is -4.05. The number of nitrogens with zero attached hydrogens (tertiary/aromatic N) is 4. The van der Waals surface area contributed by atoms with Crippen molar-refractivity contribution in [2.75, 3.05) is 22.6 Å². The number of carbonyl (C=O) groups excluding carboxylic acids is 1. The summed E-state index contributed by atoms with van der Waals surface area (Å²) in [5.41, 5.74) is 10.5. The number of nitrogen functional groups attached to an aromatic ring is 1. The largest absolute Gasteiger partial charge is 0.383 e. The van der Waals surface area contributed by atoms with Gasteiger partial charge in [0.15, 0.2) is 0 Å². The molecule has 0 unspecified atom stereocenters. The maximum Gasteiger partial charge on any atom is 0.250 e. The summed E-state index contributed by atoms with van der Waals surface area (Å²) < 4.78 is 35.1. The molecule has 10 heteroatoms. The Kier molecular flexibility index (Phi) is 6.75. The zero-order valence-corrected chi connectivity index (χ0v) is 22.1. The van der Waals surface area contributed by atoms with Crippen LogP contribution in [0, 0.1) is 5.82 Å². The maximum atomic E-state index is 15.8. The van der Waals surface area contributed by atoms with Gasteiger partial charge in [-0.1, -0.05) is 25.1 Å². The van der Waals surface area contributed by atoms with Gasteiger partial charge >= 0.3 is 0 Å². The highest BCUT2D eigenvalue weighted by Gasteiger charge is 2.24. The van der Waals surface area contributed by atoms with Crippen LogP contribution in [0.5, 0.6) is 0 Å². The van der Waals surface area contributed by atoms with Gasteiger partial charge in [-0.25, -0.2) is 18.6 Å². The Balaban J connectivity index is 1.65. The number of anilines is 2. The predicted octanol–water partition coefficient (Wildman–Crippen LogP) is 5.82. The number of amides is 1. The third kappa shape index (κ3) is 4.79. The lowest BCUT2D eigenvalue weighted by atomic mass is 9.98. The second-order valence-electron chi connectivity index (χ2n) is 9.55. The van der Waals surface area contributed by atoms with Crippen LogP contribution in [0.15, 0.2) is 65.3 Å². The number of rotatable bonds is 5. The molecule has 8 nitrogen and oxygen atoms in total. The Morgan fingerprint density at radius 2 is 1.84 bits per heavy atom. The van der Waals surface area contributed by atoms with Crippen molar-refractivity contribution < 1.29 is 13.4 Å². The molecule has 0 bridgehead atoms. The van der Waals surface area contributed by atoms with Gasteiger partial charge < -0.3 is 15.6 Å². The lowest BCUT2D eigenvalue weighted by Gasteiger charge is -2.15. The van der Waals surface area contributed by atoms with Crippen molar-refractivity contribution in [2.45, 2.75) is 26.2 Å². The number of aromatic nitrogens is 3. The molecule has 0 saturated carbocycles. The summed E-state index contributed by atoms with van der Waals surface area (Å²) >= 11 is 0. The minimum Gasteiger partial charge on any atom is -0.383 e. The van der Waals surface area contributed by atoms with Gasteiger partial charge in [-0.2, -0.15) is 4.36 Å². The number of nitrogens with two attached hydrogens (primary N) is 1. The van der Waals surface area contributed by atoms with Crippen molar-refractivity contribution in [1.82, 2.24) is 14.5 Å². The molecule has 2 aromatic carbocycles. The van der Waals surface area contributed by atoms with E-state index in [9.17, 15) is 9.00 Å². The molecule has 1 fully saturated rings. The van der Waals surface area contributed by atoms with Crippen molar-refractivity contribution in [3.05, 3.63) is 66.8 Å². The molecule has 2 aromatic heterocycles. The SMILES string of the molecule is C=C(C)C(=O)Nc1ccc(-c2c(-c3ccc(N=S4(=O)CCCCC4)cc3F)c3c(N)ncnc3n2C)cc1. The number of fused-ring (bicyclic) bond motifs is 1. The summed E-state index contributed by atoms with van der Waals surface area (Å²) in [6, 6.07) is 11.9. The van der Waals surface area contributed by atoms with Crippen LogP contribution in [0.3, 0.4) is 0 Å². The Morgan fingerprint density at radius 1 is 1.13 bits per heavy atom. The molecule has 0 spiro atoms. The maximum absolute atomic E-state index is 15.8. The summed E-state index contributed by atoms with van der Waals surface area (Å²) in [6.45, 7) is 5.29. The number of carbonyl (C=O) groups is 1. The zero-order chi connectivity index (χ0) is 27.0. The van der Waals surface area contributed by atoms with Crippen LogP contribution in [0.4, 0.5) is 21.6 Å². The van der Waals surface area contributed by atoms with E-state index in [1.807, 2.05) is 23.7 Å². The molecule has 3 heterocycles. The van der Waals surface area contributed by atoms with Crippen molar-refractivity contribution in [3.8, 4) is 22.4 Å². The summed E-state index contributed by atoms with van der Waals surface area (Å²) in [4.78, 5) is 20.6. The van der Waals surface area contributed by atoms with Gasteiger partial charge in [0.05, 0.1) is 26.5 Å². The second-order valence-corrected chi connectivity index (χ2v) is 12.1. The van der Waals surface area contributed by atoms with Crippen molar-refractivity contribution in [3.63, 3.8) is 0 Å². The van der Waals surface area contributed by atoms with E-state index in [1.165, 1.54) is 12.4 Å². The van der Waals surface area contributed by atoms with Crippen LogP contribution in [0.2, 0.25) is 0 Å². The second kappa shape index (κ2) is 10.0. The van der Waals surface area contributed by atoms with Crippen LogP contribution in [-0.2, 0) is 21.6 Å². The average molecular weight is 533 g/mol. The topological polar surface area (TPSA) is 115 Å². The predicted molar refractivity (Wildman–Crippen MR) is 151 cm³/mol. The Bertz CT molecular complexity index is 1690. The molecule has 5 rings (SSSR count). The number of hydrogen-bond acceptors (Lipinski definition) is 6. The summed E-state index contributed by atoms with van der Waals surface area (Å²) in [5, 5.41) is 3.32. The number of halogens is 1. The van der Waals surface area contributed by atoms with Gasteiger partial charge in [-0.05, 0) is 49.6 Å². The van der Waals surface area contributed by atoms with Gasteiger partial charge in [0.2, 0.25) is 0 Å². The number of nitrogens with one attached hydrogen (secondary N) is 1. The molecule has 1 aliphatic rings. The standard InChI is InChI=1S/C28H29FN6O2S/c1-17(2)28(36)33-19-9-7-18(8-10-19)25-23(24-26(30)31-16-32-27(24)35(25)3)21-12-11-20(15-22(21)29)34-38(37)13-5-4-6-14-38/h7-12,15-16H,1,4-6,13-14H2,2-3H3,(H,33,36)(H2,30,31,32). The highest BCUT2D eigenvalue weighted by molar-refractivity contribution is 7.93. The molecule has 0 radical (unpaired) electrons. The monoisotopic (exact) mass is 532 g/mol. The minimum absolute atomic E-state index is 0.232. The third-order valence-corrected chi connectivity index (χ3v) is 9.12. The molecular weight excluding hydrogens is 503 g/mol. The normalized spacial score (nSPS) is 14.8. The van der Waals surface area contributed by atoms with Gasteiger partial charge in [0.25, 0.3) is 5.91 Å². The average Bonchev–Trinajstić information content (AvgIpc) is 3.18. The molecule has 0 atom stereocenters. The lowest BCUT2D eigenvalue weighted by molar-refractivity contribution is -0.112. The summed E-state index contributed by atoms with van der Waals surface area (Å²) in [6.07, 6.45) is 4.17. The van der Waals surface area contributed by atoms with Crippen LogP contribution in [-0.4, -0.2) is 36.2 Å². The number of aryl methyl sites for hydroxylation is 1. The highest BCUT2D eigenvalue weighted by Crippen LogP contribution is 2.43. The number of benzene rings is 2. The smallest absolute Gasteiger partial charge is 0.250 e. The fraction of sp³-hybridized carbons (Fsp3) is 0.250. The highest BCUT2D eigenvalue weighted by atomic mass is 32.2. The number of hydrogen-bond donors (Lipinski definition) is 2. The first kappa shape index (κ1) is 25.6. The van der Waals surface area contributed by atoms with Gasteiger partial charge in [-0.15, -0.1) is 0 Å². The molecule has 1 amide bonds. The van der Waals surface area contributed by atoms with Crippen LogP contribution < -0.4 is 11.1 Å². The first-order valence-electron chi connectivity index (χ1n) is 12.4. The Labute approximate surface area is 221 Å². The molecule has 3 N–H and O–H groups in total. The van der Waals surface area contributed by atoms with E-state index in [0.29, 0.717) is 56.3 Å². The van der Waals surface area contributed by atoms with Crippen molar-refractivity contribution in [1.29, 1.82) is 0 Å². The minimum atomic E-state index is -2.37. The van der Waals surface area contributed by atoms with Crippen LogP contribution in [0.25, 0.3) is 33.4 Å². The van der Waals surface area contributed by atoms with E-state index < -0.39 is 15.5 Å². The zero-order valence-electron chi connectivity index (χ0n) is 21.3. The van der Waals surface area contributed by atoms with Crippen molar-refractivity contribution >= 4 is 43.9 Å². The molecule has 1 aliphatic heterocycles. The van der Waals surface area contributed by atoms with E-state index in [-0.39, 0.29) is 11.7 Å². The first-order chi connectivity index (χ1) is 18.2. The Morgan fingerprint density at radius 3 is 2.50 bits per heavy atom. The molecular formula is C28H29FN6O2S. The molecule has 4 aromatic rings. The fourth-order valence-corrected chi connectivity index (χ4v) is 7.00. The quantitative estimate of drug-likeness (QED) is 0.314. The van der Waals surface area contributed by atoms with E-state index >= 15 is 4.39 Å². The van der Waals surface area contributed by atoms with E-state index in [0.717, 1.165) is 24.8 Å². The van der Waals surface area contributed by atoms with Gasteiger partial charge in [-0.3, -0.25) is 4.79 Å². The van der Waals surface area contributed by atoms with Crippen LogP contribution in [0.1, 0.15) is 26.2 Å². The fourth-order valence-electron chi connectivity index (χ4n) is 4.81. The molecule has 196 valence electrons. The van der Waals surface area contributed by atoms with E-state index in [2.05, 4.69) is 26.2 Å². The van der Waals surface area contributed by atoms with Gasteiger partial charge in [0, 0.05) is 47.0 Å². The molecule has 1 saturated heterocycles. The first-order valence-corrected chi connectivity index (χ1v) is 14.2. The van der Waals surface area contributed by atoms with Crippen LogP contribution >= 0.6 is 0 Å². The lowest BCUT2D eigenvalue weighted by Crippen LogP contribution is -2.15. The van der Waals surface area contributed by atoms with Gasteiger partial charge in [0.1, 0.15) is 23.6 Å². The molecule has 0 aliphatic carbocycles. The van der Waals surface area contributed by atoms with E-state index in [1.54, 1.807) is 31.2 Å². The molecule has 38 heavy (non-hydrogen) atoms. The van der Waals surface area contributed by atoms with E-state index in [4.69, 9.17) is 5.73 Å². The van der Waals surface area contributed by atoms with Crippen molar-refractivity contribution in [2.24, 2.45) is 11.4 Å². The third-order valence-electron chi connectivity index (χ3n) is 6.72. The summed E-state index contributed by atoms with van der Waals surface area (Å²) in [7, 11) is -0.532. The summed E-state index contributed by atoms with van der Waals surface area (Å²) in [5.74, 6) is 0.539.